The summed E-state index contributed by atoms with van der Waals surface area (Å²) in [5, 5.41) is 8.53. The van der Waals surface area contributed by atoms with Gasteiger partial charge in [0.15, 0.2) is 5.82 Å². The number of hydrogen-bond donors (Lipinski definition) is 0. The molecule has 0 saturated heterocycles. The van der Waals surface area contributed by atoms with Crippen molar-refractivity contribution in [2.24, 2.45) is 0 Å². The maximum Gasteiger partial charge on any atom is 0.155 e. The Morgan fingerprint density at radius 3 is 2.85 bits per heavy atom. The van der Waals surface area contributed by atoms with E-state index in [0.29, 0.717) is 0 Å². The van der Waals surface area contributed by atoms with E-state index in [9.17, 15) is 0 Å². The lowest BCUT2D eigenvalue weighted by molar-refractivity contribution is 0.473. The van der Waals surface area contributed by atoms with Gasteiger partial charge < -0.3 is 0 Å². The van der Waals surface area contributed by atoms with Crippen LogP contribution in [0.5, 0.6) is 0 Å². The zero-order valence-corrected chi connectivity index (χ0v) is 11.5. The molecule has 0 radical (unpaired) electrons. The Balaban J connectivity index is 1.87. The molecule has 3 rings (SSSR count). The lowest BCUT2D eigenvalue weighted by atomic mass is 10.2. The fourth-order valence-electron chi connectivity index (χ4n) is 2.14. The Hall–Kier alpha value is -2.50. The van der Waals surface area contributed by atoms with Crippen molar-refractivity contribution in [2.75, 3.05) is 0 Å². The van der Waals surface area contributed by atoms with Crippen molar-refractivity contribution in [2.45, 2.75) is 26.3 Å². The van der Waals surface area contributed by atoms with Crippen LogP contribution >= 0.6 is 0 Å². The molecule has 0 unspecified atom stereocenters. The fraction of sp³-hybridized carbons (Fsp3) is 0.286. The molecule has 102 valence electrons. The van der Waals surface area contributed by atoms with Crippen LogP contribution in [0.3, 0.4) is 0 Å². The molecule has 6 nitrogen and oxygen atoms in total. The molecule has 0 aliphatic carbocycles. The van der Waals surface area contributed by atoms with Gasteiger partial charge in [-0.3, -0.25) is 4.68 Å². The summed E-state index contributed by atoms with van der Waals surface area (Å²) in [6.07, 6.45) is 6.05. The zero-order chi connectivity index (χ0) is 13.9. The van der Waals surface area contributed by atoms with Crippen LogP contribution < -0.4 is 0 Å². The minimum absolute atomic E-state index is 0.220. The molecule has 0 amide bonds. The quantitative estimate of drug-likeness (QED) is 0.725. The first-order chi connectivity index (χ1) is 9.74. The summed E-state index contributed by atoms with van der Waals surface area (Å²) in [7, 11) is 0. The molecule has 0 spiro atoms. The number of rotatable bonds is 4. The van der Waals surface area contributed by atoms with E-state index in [2.05, 4.69) is 27.1 Å². The third kappa shape index (κ3) is 2.45. The van der Waals surface area contributed by atoms with E-state index >= 15 is 0 Å². The first-order valence-electron chi connectivity index (χ1n) is 6.56. The van der Waals surface area contributed by atoms with Gasteiger partial charge in [-0.25, -0.2) is 9.97 Å². The van der Waals surface area contributed by atoms with Crippen molar-refractivity contribution in [3.05, 3.63) is 54.5 Å². The van der Waals surface area contributed by atoms with E-state index in [1.165, 1.54) is 0 Å². The highest BCUT2D eigenvalue weighted by molar-refractivity contribution is 5.24. The van der Waals surface area contributed by atoms with Crippen LogP contribution in [0.1, 0.15) is 24.5 Å². The average Bonchev–Trinajstić information content (AvgIpc) is 3.09. The third-order valence-electron chi connectivity index (χ3n) is 3.16. The van der Waals surface area contributed by atoms with E-state index in [0.717, 1.165) is 23.8 Å². The van der Waals surface area contributed by atoms with E-state index in [1.54, 1.807) is 17.2 Å². The predicted molar refractivity (Wildman–Crippen MR) is 74.5 cm³/mol. The summed E-state index contributed by atoms with van der Waals surface area (Å²) in [4.78, 5) is 8.83. The van der Waals surface area contributed by atoms with E-state index in [1.807, 2.05) is 42.1 Å². The molecule has 3 heterocycles. The normalized spacial score (nSPS) is 12.5. The van der Waals surface area contributed by atoms with Gasteiger partial charge >= 0.3 is 0 Å². The van der Waals surface area contributed by atoms with Crippen molar-refractivity contribution in [3.8, 4) is 5.82 Å². The Kier molecular flexibility index (Phi) is 3.28. The van der Waals surface area contributed by atoms with Crippen LogP contribution in [-0.4, -0.2) is 29.5 Å². The van der Waals surface area contributed by atoms with Gasteiger partial charge in [0.05, 0.1) is 6.04 Å². The van der Waals surface area contributed by atoms with Gasteiger partial charge in [0.2, 0.25) is 0 Å². The molecule has 0 fully saturated rings. The van der Waals surface area contributed by atoms with E-state index in [4.69, 9.17) is 0 Å². The second kappa shape index (κ2) is 5.24. The lowest BCUT2D eigenvalue weighted by Crippen LogP contribution is -2.13. The minimum Gasteiger partial charge on any atom is -0.270 e. The van der Waals surface area contributed by atoms with Gasteiger partial charge in [-0.15, -0.1) is 0 Å². The second-order valence-corrected chi connectivity index (χ2v) is 4.76. The van der Waals surface area contributed by atoms with Gasteiger partial charge in [0.25, 0.3) is 0 Å². The van der Waals surface area contributed by atoms with Crippen molar-refractivity contribution >= 4 is 0 Å². The van der Waals surface area contributed by atoms with E-state index in [-0.39, 0.29) is 6.04 Å². The van der Waals surface area contributed by atoms with Gasteiger partial charge in [-0.05, 0) is 32.0 Å². The SMILES string of the molecule is Cc1cccc(-n2ncnc2C[C@H](C)n2cccn2)n1. The molecule has 0 bridgehead atoms. The van der Waals surface area contributed by atoms with Crippen molar-refractivity contribution in [3.63, 3.8) is 0 Å². The van der Waals surface area contributed by atoms with Crippen LogP contribution in [0, 0.1) is 6.92 Å². The fourth-order valence-corrected chi connectivity index (χ4v) is 2.14. The summed E-state index contributed by atoms with van der Waals surface area (Å²) in [6, 6.07) is 8.01. The van der Waals surface area contributed by atoms with Crippen LogP contribution in [-0.2, 0) is 6.42 Å². The highest BCUT2D eigenvalue weighted by Crippen LogP contribution is 2.13. The van der Waals surface area contributed by atoms with Crippen LogP contribution in [0.2, 0.25) is 0 Å². The minimum atomic E-state index is 0.220. The maximum atomic E-state index is 4.48. The smallest absolute Gasteiger partial charge is 0.155 e. The van der Waals surface area contributed by atoms with Crippen molar-refractivity contribution < 1.29 is 0 Å². The highest BCUT2D eigenvalue weighted by Gasteiger charge is 2.13. The summed E-state index contributed by atoms with van der Waals surface area (Å²) in [6.45, 7) is 4.07. The molecule has 0 saturated carbocycles. The Bertz CT molecular complexity index is 685. The maximum absolute atomic E-state index is 4.48. The molecular formula is C14H16N6. The van der Waals surface area contributed by atoms with E-state index < -0.39 is 0 Å². The van der Waals surface area contributed by atoms with Crippen molar-refractivity contribution in [1.29, 1.82) is 0 Å². The van der Waals surface area contributed by atoms with Gasteiger partial charge in [-0.1, -0.05) is 6.07 Å². The summed E-state index contributed by atoms with van der Waals surface area (Å²) in [5.41, 5.74) is 0.962. The standard InChI is InChI=1S/C14H16N6/c1-11-5-3-6-13(18-11)20-14(15-10-17-20)9-12(2)19-8-4-7-16-19/h3-8,10,12H,9H2,1-2H3/t12-/m0/s1. The molecule has 20 heavy (non-hydrogen) atoms. The zero-order valence-electron chi connectivity index (χ0n) is 11.5. The topological polar surface area (TPSA) is 61.4 Å². The number of nitrogens with zero attached hydrogens (tertiary/aromatic N) is 6. The van der Waals surface area contributed by atoms with Crippen LogP contribution in [0.4, 0.5) is 0 Å². The second-order valence-electron chi connectivity index (χ2n) is 4.76. The predicted octanol–water partition coefficient (Wildman–Crippen LogP) is 1.97. The third-order valence-corrected chi connectivity index (χ3v) is 3.16. The van der Waals surface area contributed by atoms with Crippen molar-refractivity contribution in [1.82, 2.24) is 29.5 Å². The molecule has 3 aromatic rings. The Labute approximate surface area is 117 Å². The number of aryl methyl sites for hydroxylation is 1. The first-order valence-corrected chi connectivity index (χ1v) is 6.56. The Morgan fingerprint density at radius 2 is 2.10 bits per heavy atom. The number of aromatic nitrogens is 6. The summed E-state index contributed by atoms with van der Waals surface area (Å²) in [5.74, 6) is 1.68. The monoisotopic (exact) mass is 268 g/mol. The molecule has 1 atom stereocenters. The molecule has 0 N–H and O–H groups in total. The van der Waals surface area contributed by atoms with Gasteiger partial charge in [-0.2, -0.15) is 14.9 Å². The van der Waals surface area contributed by atoms with Gasteiger partial charge in [0, 0.05) is 24.5 Å². The summed E-state index contributed by atoms with van der Waals surface area (Å²) < 4.78 is 3.70. The molecule has 0 aliphatic heterocycles. The molecule has 3 aromatic heterocycles. The Morgan fingerprint density at radius 1 is 1.20 bits per heavy atom. The summed E-state index contributed by atoms with van der Waals surface area (Å²) >= 11 is 0. The average molecular weight is 268 g/mol. The first kappa shape index (κ1) is 12.5. The van der Waals surface area contributed by atoms with Crippen LogP contribution in [0.15, 0.2) is 43.0 Å². The molecule has 6 heteroatoms. The van der Waals surface area contributed by atoms with Gasteiger partial charge in [0.1, 0.15) is 12.2 Å². The number of pyridine rings is 1. The van der Waals surface area contributed by atoms with Crippen LogP contribution in [0.25, 0.3) is 5.82 Å². The molecular weight excluding hydrogens is 252 g/mol. The largest absolute Gasteiger partial charge is 0.270 e. The number of hydrogen-bond acceptors (Lipinski definition) is 4. The molecule has 0 aromatic carbocycles. The molecule has 0 aliphatic rings. The highest BCUT2D eigenvalue weighted by atomic mass is 15.4. The lowest BCUT2D eigenvalue weighted by Gasteiger charge is -2.12.